The number of hydrogen-bond acceptors (Lipinski definition) is 4. The van der Waals surface area contributed by atoms with Crippen LogP contribution in [0.3, 0.4) is 0 Å². The second kappa shape index (κ2) is 7.14. The highest BCUT2D eigenvalue weighted by molar-refractivity contribution is 5.95. The summed E-state index contributed by atoms with van der Waals surface area (Å²) in [7, 11) is 3.52. The number of nitrogens with two attached hydrogens (primary N) is 1. The molecule has 1 unspecified atom stereocenters. The van der Waals surface area contributed by atoms with Crippen LogP contribution in [0.2, 0.25) is 0 Å². The number of amides is 1. The molecule has 0 aliphatic rings. The third kappa shape index (κ3) is 4.42. The first-order valence-electron chi connectivity index (χ1n) is 6.78. The van der Waals surface area contributed by atoms with Crippen molar-refractivity contribution in [1.29, 1.82) is 0 Å². The summed E-state index contributed by atoms with van der Waals surface area (Å²) in [5.41, 5.74) is 6.99. The van der Waals surface area contributed by atoms with Gasteiger partial charge in [-0.1, -0.05) is 13.8 Å². The lowest BCUT2D eigenvalue weighted by Gasteiger charge is -2.27. The molecule has 5 nitrogen and oxygen atoms in total. The molecule has 0 radical (unpaired) electrons. The van der Waals surface area contributed by atoms with Crippen molar-refractivity contribution < 1.29 is 9.53 Å². The monoisotopic (exact) mass is 279 g/mol. The maximum Gasteiger partial charge on any atom is 0.238 e. The van der Waals surface area contributed by atoms with Crippen molar-refractivity contribution in [2.45, 2.75) is 26.8 Å². The van der Waals surface area contributed by atoms with Crippen molar-refractivity contribution >= 4 is 17.3 Å². The van der Waals surface area contributed by atoms with E-state index in [1.54, 1.807) is 25.3 Å². The lowest BCUT2D eigenvalue weighted by atomic mass is 10.1. The molecule has 0 aliphatic carbocycles. The summed E-state index contributed by atoms with van der Waals surface area (Å²) in [6.45, 7) is 6.73. The number of ether oxygens (including phenoxy) is 1. The smallest absolute Gasteiger partial charge is 0.238 e. The number of likely N-dealkylation sites (N-methyl/N-ethyl adjacent to an activating group) is 1. The van der Waals surface area contributed by atoms with E-state index in [4.69, 9.17) is 10.5 Å². The minimum Gasteiger partial charge on any atom is -0.497 e. The molecule has 112 valence electrons. The molecular formula is C15H25N3O2. The maximum atomic E-state index is 12.0. The zero-order chi connectivity index (χ0) is 15.3. The van der Waals surface area contributed by atoms with Gasteiger partial charge in [0.2, 0.25) is 5.91 Å². The molecule has 1 atom stereocenters. The Kier molecular flexibility index (Phi) is 5.82. The van der Waals surface area contributed by atoms with Crippen LogP contribution >= 0.6 is 0 Å². The molecule has 0 heterocycles. The number of nitrogen functional groups attached to an aromatic ring is 1. The van der Waals surface area contributed by atoms with E-state index in [1.807, 2.05) is 11.9 Å². The SMILES string of the molecule is COc1ccc(NC(=O)CN(C)C(C)C(C)C)c(N)c1. The van der Waals surface area contributed by atoms with Gasteiger partial charge in [-0.05, 0) is 32.0 Å². The lowest BCUT2D eigenvalue weighted by Crippen LogP contribution is -2.39. The zero-order valence-electron chi connectivity index (χ0n) is 12.9. The predicted octanol–water partition coefficient (Wildman–Crippen LogP) is 2.19. The fraction of sp³-hybridized carbons (Fsp3) is 0.533. The number of nitrogens with zero attached hydrogens (tertiary/aromatic N) is 1. The third-order valence-corrected chi connectivity index (χ3v) is 3.59. The molecular weight excluding hydrogens is 254 g/mol. The van der Waals surface area contributed by atoms with Crippen molar-refractivity contribution in [1.82, 2.24) is 4.90 Å². The van der Waals surface area contributed by atoms with Gasteiger partial charge in [0.15, 0.2) is 0 Å². The molecule has 0 spiro atoms. The Balaban J connectivity index is 2.63. The first-order valence-corrected chi connectivity index (χ1v) is 6.78. The normalized spacial score (nSPS) is 12.6. The predicted molar refractivity (Wildman–Crippen MR) is 83.0 cm³/mol. The van der Waals surface area contributed by atoms with Crippen LogP contribution in [0.1, 0.15) is 20.8 Å². The summed E-state index contributed by atoms with van der Waals surface area (Å²) in [5, 5.41) is 2.83. The van der Waals surface area contributed by atoms with E-state index in [2.05, 4.69) is 26.1 Å². The first kappa shape index (κ1) is 16.3. The van der Waals surface area contributed by atoms with E-state index in [9.17, 15) is 4.79 Å². The number of carbonyl (C=O) groups excluding carboxylic acids is 1. The number of nitrogens with one attached hydrogen (secondary N) is 1. The summed E-state index contributed by atoms with van der Waals surface area (Å²) < 4.78 is 5.08. The molecule has 1 aromatic rings. The van der Waals surface area contributed by atoms with Crippen LogP contribution in [0.5, 0.6) is 5.75 Å². The van der Waals surface area contributed by atoms with E-state index in [1.165, 1.54) is 0 Å². The highest BCUT2D eigenvalue weighted by Gasteiger charge is 2.16. The van der Waals surface area contributed by atoms with Gasteiger partial charge in [-0.15, -0.1) is 0 Å². The highest BCUT2D eigenvalue weighted by Crippen LogP contribution is 2.24. The van der Waals surface area contributed by atoms with Gasteiger partial charge in [0, 0.05) is 12.1 Å². The summed E-state index contributed by atoms with van der Waals surface area (Å²) in [6, 6.07) is 5.55. The third-order valence-electron chi connectivity index (χ3n) is 3.59. The molecule has 1 amide bonds. The van der Waals surface area contributed by atoms with Crippen LogP contribution in [-0.2, 0) is 4.79 Å². The van der Waals surface area contributed by atoms with Gasteiger partial charge in [0.25, 0.3) is 0 Å². The van der Waals surface area contributed by atoms with Crippen LogP contribution < -0.4 is 15.8 Å². The van der Waals surface area contributed by atoms with Gasteiger partial charge in [-0.2, -0.15) is 0 Å². The first-order chi connectivity index (χ1) is 9.35. The Labute approximate surface area is 121 Å². The molecule has 0 fully saturated rings. The molecule has 3 N–H and O–H groups in total. The zero-order valence-corrected chi connectivity index (χ0v) is 12.9. The van der Waals surface area contributed by atoms with Crippen LogP contribution in [0, 0.1) is 5.92 Å². The van der Waals surface area contributed by atoms with E-state index >= 15 is 0 Å². The fourth-order valence-corrected chi connectivity index (χ4v) is 1.85. The van der Waals surface area contributed by atoms with Crippen molar-refractivity contribution in [3.63, 3.8) is 0 Å². The number of benzene rings is 1. The summed E-state index contributed by atoms with van der Waals surface area (Å²) in [4.78, 5) is 14.0. The van der Waals surface area contributed by atoms with E-state index in [0.717, 1.165) is 0 Å². The van der Waals surface area contributed by atoms with Gasteiger partial charge in [-0.25, -0.2) is 0 Å². The van der Waals surface area contributed by atoms with Gasteiger partial charge in [-0.3, -0.25) is 9.69 Å². The topological polar surface area (TPSA) is 67.6 Å². The van der Waals surface area contributed by atoms with Gasteiger partial charge in [0.1, 0.15) is 5.75 Å². The lowest BCUT2D eigenvalue weighted by molar-refractivity contribution is -0.117. The molecule has 20 heavy (non-hydrogen) atoms. The standard InChI is InChI=1S/C15H25N3O2/c1-10(2)11(3)18(4)9-15(19)17-14-7-6-12(20-5)8-13(14)16/h6-8,10-11H,9,16H2,1-5H3,(H,17,19). The largest absolute Gasteiger partial charge is 0.497 e. The van der Waals surface area contributed by atoms with Crippen molar-refractivity contribution in [2.24, 2.45) is 5.92 Å². The minimum absolute atomic E-state index is 0.0723. The summed E-state index contributed by atoms with van der Waals surface area (Å²) >= 11 is 0. The van der Waals surface area contributed by atoms with Crippen LogP contribution in [-0.4, -0.2) is 37.6 Å². The second-order valence-electron chi connectivity index (χ2n) is 5.40. The summed E-state index contributed by atoms with van der Waals surface area (Å²) in [5.74, 6) is 1.10. The highest BCUT2D eigenvalue weighted by atomic mass is 16.5. The number of hydrogen-bond donors (Lipinski definition) is 2. The van der Waals surface area contributed by atoms with Crippen molar-refractivity contribution in [3.8, 4) is 5.75 Å². The number of carbonyl (C=O) groups is 1. The van der Waals surface area contributed by atoms with Crippen LogP contribution in [0.25, 0.3) is 0 Å². The van der Waals surface area contributed by atoms with E-state index in [0.29, 0.717) is 35.6 Å². The molecule has 0 aliphatic heterocycles. The fourth-order valence-electron chi connectivity index (χ4n) is 1.85. The summed E-state index contributed by atoms with van der Waals surface area (Å²) in [6.07, 6.45) is 0. The van der Waals surface area contributed by atoms with E-state index < -0.39 is 0 Å². The van der Waals surface area contributed by atoms with Gasteiger partial charge in [0.05, 0.1) is 25.0 Å². The van der Waals surface area contributed by atoms with Crippen LogP contribution in [0.4, 0.5) is 11.4 Å². The number of methoxy groups -OCH3 is 1. The molecule has 1 aromatic carbocycles. The van der Waals surface area contributed by atoms with Gasteiger partial charge < -0.3 is 15.8 Å². The second-order valence-corrected chi connectivity index (χ2v) is 5.40. The Hall–Kier alpha value is -1.75. The number of anilines is 2. The maximum absolute atomic E-state index is 12.0. The van der Waals surface area contributed by atoms with E-state index in [-0.39, 0.29) is 5.91 Å². The van der Waals surface area contributed by atoms with Crippen molar-refractivity contribution in [3.05, 3.63) is 18.2 Å². The molecule has 0 aromatic heterocycles. The average Bonchev–Trinajstić information content (AvgIpc) is 2.39. The number of rotatable bonds is 6. The minimum atomic E-state index is -0.0723. The Morgan fingerprint density at radius 3 is 2.55 bits per heavy atom. The molecule has 5 heteroatoms. The van der Waals surface area contributed by atoms with Crippen molar-refractivity contribution in [2.75, 3.05) is 31.8 Å². The molecule has 1 rings (SSSR count). The Morgan fingerprint density at radius 2 is 2.05 bits per heavy atom. The average molecular weight is 279 g/mol. The molecule has 0 bridgehead atoms. The molecule has 0 saturated heterocycles. The Bertz CT molecular complexity index is 460. The van der Waals surface area contributed by atoms with Gasteiger partial charge >= 0.3 is 0 Å². The quantitative estimate of drug-likeness (QED) is 0.783. The Morgan fingerprint density at radius 1 is 1.40 bits per heavy atom. The van der Waals surface area contributed by atoms with Crippen LogP contribution in [0.15, 0.2) is 18.2 Å². The molecule has 0 saturated carbocycles.